The zero-order valence-electron chi connectivity index (χ0n) is 18.3. The van der Waals surface area contributed by atoms with Gasteiger partial charge in [0, 0.05) is 30.4 Å². The van der Waals surface area contributed by atoms with Crippen molar-refractivity contribution in [2.75, 3.05) is 5.32 Å². The van der Waals surface area contributed by atoms with Crippen molar-refractivity contribution in [1.29, 1.82) is 0 Å². The van der Waals surface area contributed by atoms with E-state index in [1.54, 1.807) is 23.0 Å². The summed E-state index contributed by atoms with van der Waals surface area (Å²) in [7, 11) is 1.82. The first kappa shape index (κ1) is 20.9. The van der Waals surface area contributed by atoms with Crippen molar-refractivity contribution in [3.8, 4) is 23.6 Å². The first-order valence-corrected chi connectivity index (χ1v) is 11.0. The van der Waals surface area contributed by atoms with Crippen molar-refractivity contribution < 1.29 is 9.90 Å². The molecule has 33 heavy (non-hydrogen) atoms. The Morgan fingerprint density at radius 1 is 1.18 bits per heavy atom. The fourth-order valence-corrected chi connectivity index (χ4v) is 4.43. The van der Waals surface area contributed by atoms with Crippen molar-refractivity contribution in [3.63, 3.8) is 0 Å². The van der Waals surface area contributed by atoms with E-state index in [0.717, 1.165) is 42.3 Å². The van der Waals surface area contributed by atoms with E-state index in [1.165, 1.54) is 0 Å². The number of para-hydroxylation sites is 2. The van der Waals surface area contributed by atoms with Gasteiger partial charge in [0.2, 0.25) is 5.95 Å². The summed E-state index contributed by atoms with van der Waals surface area (Å²) in [6.07, 6.45) is 12.0. The van der Waals surface area contributed by atoms with Crippen LogP contribution in [0.1, 0.15) is 47.8 Å². The van der Waals surface area contributed by atoms with E-state index in [0.29, 0.717) is 22.9 Å². The summed E-state index contributed by atoms with van der Waals surface area (Å²) in [5, 5.41) is 17.1. The number of nitrogens with one attached hydrogen (secondary N) is 1. The minimum Gasteiger partial charge on any atom is -0.393 e. The highest BCUT2D eigenvalue weighted by Gasteiger charge is 2.26. The van der Waals surface area contributed by atoms with Crippen LogP contribution in [0.2, 0.25) is 0 Å². The third kappa shape index (κ3) is 4.11. The molecule has 1 saturated carbocycles. The Morgan fingerprint density at radius 3 is 2.70 bits per heavy atom. The van der Waals surface area contributed by atoms with Gasteiger partial charge in [0.15, 0.2) is 0 Å². The van der Waals surface area contributed by atoms with Crippen molar-refractivity contribution in [1.82, 2.24) is 24.3 Å². The number of imidazole rings is 1. The van der Waals surface area contributed by atoms with Crippen LogP contribution in [0.3, 0.4) is 0 Å². The van der Waals surface area contributed by atoms with Crippen molar-refractivity contribution >= 4 is 22.9 Å². The van der Waals surface area contributed by atoms with E-state index in [9.17, 15) is 9.90 Å². The average Bonchev–Trinajstić information content (AvgIpc) is 3.42. The maximum Gasteiger partial charge on any atom is 0.258 e. The number of pyridine rings is 1. The fourth-order valence-electron chi connectivity index (χ4n) is 4.43. The molecule has 0 atom stereocenters. The Bertz CT molecular complexity index is 1370. The highest BCUT2D eigenvalue weighted by Crippen LogP contribution is 2.34. The topological polar surface area (TPSA) is 97.9 Å². The number of aromatic nitrogens is 5. The molecule has 1 aliphatic carbocycles. The summed E-state index contributed by atoms with van der Waals surface area (Å²) in [6.45, 7) is 0. The van der Waals surface area contributed by atoms with Gasteiger partial charge in [-0.25, -0.2) is 9.97 Å². The quantitative estimate of drug-likeness (QED) is 0.473. The number of hydrogen-bond acceptors (Lipinski definition) is 5. The number of benzene rings is 1. The number of carbonyl (C=O) groups is 1. The highest BCUT2D eigenvalue weighted by atomic mass is 16.3. The van der Waals surface area contributed by atoms with Crippen LogP contribution in [0.4, 0.5) is 5.95 Å². The predicted molar refractivity (Wildman–Crippen MR) is 126 cm³/mol. The minimum atomic E-state index is -0.313. The number of carbonyl (C=O) groups excluding carboxylic acids is 1. The Labute approximate surface area is 191 Å². The lowest BCUT2D eigenvalue weighted by Crippen LogP contribution is -2.24. The fraction of sp³-hybridized carbons (Fsp3) is 0.280. The van der Waals surface area contributed by atoms with Crippen LogP contribution >= 0.6 is 0 Å². The molecule has 0 radical (unpaired) electrons. The number of amides is 1. The van der Waals surface area contributed by atoms with E-state index < -0.39 is 0 Å². The summed E-state index contributed by atoms with van der Waals surface area (Å²) in [5.74, 6) is 2.71. The molecule has 0 aliphatic heterocycles. The third-order valence-corrected chi connectivity index (χ3v) is 6.09. The lowest BCUT2D eigenvalue weighted by atomic mass is 9.93. The molecule has 1 fully saturated rings. The standard InChI is InChI=1S/C25H24N6O2/c1-3-18-12-16(13-22(27-18)17-14-26-30(2)15-17)24(33)29-25-28-21-6-4-5-7-23(21)31(25)19-8-10-20(32)11-9-19/h1,4-7,12-15,19-20,32H,8-11H2,2H3,(H,28,29,33). The van der Waals surface area contributed by atoms with Crippen LogP contribution in [-0.2, 0) is 7.05 Å². The molecule has 1 amide bonds. The van der Waals surface area contributed by atoms with Crippen LogP contribution in [-0.4, -0.2) is 41.4 Å². The summed E-state index contributed by atoms with van der Waals surface area (Å²) in [5.41, 5.74) is 3.90. The number of hydrogen-bond donors (Lipinski definition) is 2. The smallest absolute Gasteiger partial charge is 0.258 e. The van der Waals surface area contributed by atoms with Gasteiger partial charge in [-0.3, -0.25) is 14.8 Å². The van der Waals surface area contributed by atoms with E-state index >= 15 is 0 Å². The van der Waals surface area contributed by atoms with Gasteiger partial charge in [-0.15, -0.1) is 6.42 Å². The maximum absolute atomic E-state index is 13.3. The van der Waals surface area contributed by atoms with Gasteiger partial charge in [0.1, 0.15) is 5.69 Å². The Kier molecular flexibility index (Phi) is 5.40. The molecular formula is C25H24N6O2. The number of aliphatic hydroxyl groups is 1. The molecule has 0 spiro atoms. The molecule has 3 aromatic heterocycles. The summed E-state index contributed by atoms with van der Waals surface area (Å²) < 4.78 is 3.76. The lowest BCUT2D eigenvalue weighted by Gasteiger charge is -2.28. The number of terminal acetylenes is 1. The van der Waals surface area contributed by atoms with Gasteiger partial charge >= 0.3 is 0 Å². The zero-order valence-corrected chi connectivity index (χ0v) is 18.3. The van der Waals surface area contributed by atoms with E-state index in [-0.39, 0.29) is 18.1 Å². The molecule has 166 valence electrons. The number of rotatable bonds is 4. The Balaban J connectivity index is 1.51. The van der Waals surface area contributed by atoms with Crippen molar-refractivity contribution in [3.05, 3.63) is 60.0 Å². The molecule has 1 aromatic carbocycles. The van der Waals surface area contributed by atoms with Crippen molar-refractivity contribution in [2.45, 2.75) is 37.8 Å². The number of anilines is 1. The lowest BCUT2D eigenvalue weighted by molar-refractivity contribution is 0.102. The van der Waals surface area contributed by atoms with Gasteiger partial charge in [-0.05, 0) is 49.9 Å². The number of fused-ring (bicyclic) bond motifs is 1. The third-order valence-electron chi connectivity index (χ3n) is 6.09. The first-order chi connectivity index (χ1) is 16.0. The van der Waals surface area contributed by atoms with Gasteiger partial charge in [0.05, 0.1) is 29.0 Å². The molecule has 4 aromatic rings. The van der Waals surface area contributed by atoms with E-state index in [4.69, 9.17) is 11.4 Å². The summed E-state index contributed by atoms with van der Waals surface area (Å²) in [4.78, 5) is 22.5. The van der Waals surface area contributed by atoms with E-state index in [1.807, 2.05) is 37.5 Å². The summed E-state index contributed by atoms with van der Waals surface area (Å²) in [6, 6.07) is 11.3. The summed E-state index contributed by atoms with van der Waals surface area (Å²) >= 11 is 0. The van der Waals surface area contributed by atoms with Crippen molar-refractivity contribution in [2.24, 2.45) is 7.05 Å². The molecular weight excluding hydrogens is 416 g/mol. The van der Waals surface area contributed by atoms with Crippen LogP contribution in [0.15, 0.2) is 48.8 Å². The first-order valence-electron chi connectivity index (χ1n) is 11.0. The number of aliphatic hydroxyl groups excluding tert-OH is 1. The second-order valence-corrected chi connectivity index (χ2v) is 8.38. The second kappa shape index (κ2) is 8.52. The highest BCUT2D eigenvalue weighted by molar-refractivity contribution is 6.05. The van der Waals surface area contributed by atoms with Crippen LogP contribution in [0.5, 0.6) is 0 Å². The monoisotopic (exact) mass is 440 g/mol. The molecule has 0 saturated heterocycles. The molecule has 1 aliphatic rings. The molecule has 8 heteroatoms. The van der Waals surface area contributed by atoms with Crippen LogP contribution in [0, 0.1) is 12.3 Å². The zero-order chi connectivity index (χ0) is 22.9. The maximum atomic E-state index is 13.3. The van der Waals surface area contributed by atoms with Gasteiger partial charge in [-0.1, -0.05) is 18.1 Å². The normalized spacial score (nSPS) is 18.2. The Hall–Kier alpha value is -3.96. The molecule has 2 N–H and O–H groups in total. The number of nitrogens with zero attached hydrogens (tertiary/aromatic N) is 5. The van der Waals surface area contributed by atoms with Crippen LogP contribution in [0.25, 0.3) is 22.3 Å². The second-order valence-electron chi connectivity index (χ2n) is 8.38. The SMILES string of the molecule is C#Cc1cc(C(=O)Nc2nc3ccccc3n2C2CCC(O)CC2)cc(-c2cnn(C)c2)n1. The molecule has 3 heterocycles. The molecule has 0 bridgehead atoms. The largest absolute Gasteiger partial charge is 0.393 e. The molecule has 0 unspecified atom stereocenters. The van der Waals surface area contributed by atoms with E-state index in [2.05, 4.69) is 25.9 Å². The number of aryl methyl sites for hydroxylation is 1. The molecule has 8 nitrogen and oxygen atoms in total. The van der Waals surface area contributed by atoms with Gasteiger partial charge in [0.25, 0.3) is 5.91 Å². The van der Waals surface area contributed by atoms with Gasteiger partial charge < -0.3 is 9.67 Å². The van der Waals surface area contributed by atoms with Gasteiger partial charge in [-0.2, -0.15) is 5.10 Å². The van der Waals surface area contributed by atoms with Crippen LogP contribution < -0.4 is 5.32 Å². The Morgan fingerprint density at radius 2 is 1.97 bits per heavy atom. The average molecular weight is 441 g/mol. The minimum absolute atomic E-state index is 0.153. The molecule has 5 rings (SSSR count). The predicted octanol–water partition coefficient (Wildman–Crippen LogP) is 3.54.